The van der Waals surface area contributed by atoms with E-state index in [9.17, 15) is 14.0 Å². The van der Waals surface area contributed by atoms with Crippen molar-refractivity contribution in [3.63, 3.8) is 0 Å². The molecule has 3 aromatic heterocycles. The number of nitrogens with zero attached hydrogens (tertiary/aromatic N) is 6. The summed E-state index contributed by atoms with van der Waals surface area (Å²) >= 11 is 0. The third-order valence-corrected chi connectivity index (χ3v) is 5.78. The van der Waals surface area contributed by atoms with Crippen molar-refractivity contribution in [2.45, 2.75) is 43.9 Å². The van der Waals surface area contributed by atoms with Crippen molar-refractivity contribution in [1.29, 1.82) is 5.26 Å². The minimum Gasteiger partial charge on any atom is -0.354 e. The summed E-state index contributed by atoms with van der Waals surface area (Å²) in [7, 11) is 0. The van der Waals surface area contributed by atoms with E-state index in [1.807, 2.05) is 6.07 Å². The molecule has 2 N–H and O–H groups in total. The fraction of sp³-hybridized carbons (Fsp3) is 0.391. The number of hydrogen-bond acceptors (Lipinski definition) is 8. The number of nitriles is 1. The van der Waals surface area contributed by atoms with E-state index in [1.54, 1.807) is 18.3 Å². The summed E-state index contributed by atoms with van der Waals surface area (Å²) in [5.74, 6) is -1.72. The second kappa shape index (κ2) is 7.99. The van der Waals surface area contributed by atoms with Gasteiger partial charge < -0.3 is 10.6 Å². The van der Waals surface area contributed by atoms with Crippen molar-refractivity contribution < 1.29 is 8.78 Å². The molecule has 0 radical (unpaired) electrons. The molecule has 5 rings (SSSR count). The molecule has 0 aromatic carbocycles. The topological polar surface area (TPSA) is 112 Å². The van der Waals surface area contributed by atoms with Gasteiger partial charge in [0.05, 0.1) is 17.2 Å². The maximum Gasteiger partial charge on any atom is 0.286 e. The van der Waals surface area contributed by atoms with Crippen LogP contribution in [0, 0.1) is 17.2 Å². The van der Waals surface area contributed by atoms with Gasteiger partial charge in [0.1, 0.15) is 11.4 Å². The number of aromatic nitrogens is 5. The lowest BCUT2D eigenvalue weighted by atomic mass is 10.0. The Hall–Kier alpha value is -3.74. The molecule has 2 aliphatic rings. The first-order valence-electron chi connectivity index (χ1n) is 10.9. The van der Waals surface area contributed by atoms with Gasteiger partial charge in [0, 0.05) is 25.4 Å². The molecule has 0 saturated heterocycles. The van der Waals surface area contributed by atoms with Gasteiger partial charge in [-0.25, -0.2) is 4.98 Å². The maximum atomic E-state index is 13.8. The maximum absolute atomic E-state index is 13.8. The van der Waals surface area contributed by atoms with Crippen LogP contribution in [-0.2, 0) is 11.3 Å². The normalized spacial score (nSPS) is 16.7. The number of pyridine rings is 2. The third kappa shape index (κ3) is 4.72. The summed E-state index contributed by atoms with van der Waals surface area (Å²) in [5, 5.41) is 15.8. The monoisotopic (exact) mass is 448 g/mol. The number of halogens is 2. The molecule has 2 fully saturated rings. The molecule has 0 aliphatic heterocycles. The zero-order valence-corrected chi connectivity index (χ0v) is 18.0. The van der Waals surface area contributed by atoms with Crippen molar-refractivity contribution in [2.24, 2.45) is 5.92 Å². The van der Waals surface area contributed by atoms with Crippen LogP contribution in [0.2, 0.25) is 0 Å². The molecular weight excluding hydrogens is 426 g/mol. The molecule has 0 unspecified atom stereocenters. The van der Waals surface area contributed by atoms with Gasteiger partial charge in [0.25, 0.3) is 5.92 Å². The number of alkyl halides is 2. The summed E-state index contributed by atoms with van der Waals surface area (Å²) in [6, 6.07) is 10.3. The van der Waals surface area contributed by atoms with Crippen LogP contribution in [0.3, 0.4) is 0 Å². The van der Waals surface area contributed by atoms with Crippen LogP contribution in [0.1, 0.15) is 44.0 Å². The molecule has 10 heteroatoms. The van der Waals surface area contributed by atoms with Crippen molar-refractivity contribution in [3.05, 3.63) is 47.9 Å². The van der Waals surface area contributed by atoms with Crippen LogP contribution in [0.4, 0.5) is 26.4 Å². The number of anilines is 3. The van der Waals surface area contributed by atoms with E-state index in [0.29, 0.717) is 23.2 Å². The second-order valence-corrected chi connectivity index (χ2v) is 8.68. The average Bonchev–Trinajstić information content (AvgIpc) is 3.73. The molecule has 0 bridgehead atoms. The van der Waals surface area contributed by atoms with E-state index in [4.69, 9.17) is 0 Å². The summed E-state index contributed by atoms with van der Waals surface area (Å²) < 4.78 is 27.6. The van der Waals surface area contributed by atoms with Gasteiger partial charge in [-0.3, -0.25) is 4.98 Å². The van der Waals surface area contributed by atoms with Crippen molar-refractivity contribution >= 4 is 17.6 Å². The summed E-state index contributed by atoms with van der Waals surface area (Å²) in [4.78, 5) is 21.7. The highest BCUT2D eigenvalue weighted by molar-refractivity contribution is 5.59. The lowest BCUT2D eigenvalue weighted by Gasteiger charge is -2.13. The highest BCUT2D eigenvalue weighted by Crippen LogP contribution is 2.47. The zero-order valence-electron chi connectivity index (χ0n) is 18.0. The number of nitrogens with one attached hydrogen (secondary N) is 2. The van der Waals surface area contributed by atoms with Gasteiger partial charge in [0.15, 0.2) is 5.82 Å². The van der Waals surface area contributed by atoms with Crippen LogP contribution >= 0.6 is 0 Å². The molecule has 8 nitrogen and oxygen atoms in total. The van der Waals surface area contributed by atoms with Gasteiger partial charge in [-0.1, -0.05) is 6.07 Å². The summed E-state index contributed by atoms with van der Waals surface area (Å²) in [6.07, 6.45) is 5.53. The first-order chi connectivity index (χ1) is 15.8. The Balaban J connectivity index is 1.48. The SMILES string of the molecule is CC(F)(F)c1cccc(-c2nc(NCC3CC3)nc(Nc3ccnc(C4(C#N)CC4)c3)n2)n1. The molecule has 2 saturated carbocycles. The van der Waals surface area contributed by atoms with Crippen LogP contribution in [0.5, 0.6) is 0 Å². The Kier molecular flexibility index (Phi) is 5.12. The number of rotatable bonds is 8. The van der Waals surface area contributed by atoms with E-state index in [2.05, 4.69) is 41.6 Å². The second-order valence-electron chi connectivity index (χ2n) is 8.68. The Bertz CT molecular complexity index is 1230. The van der Waals surface area contributed by atoms with Gasteiger partial charge in [-0.2, -0.15) is 29.0 Å². The van der Waals surface area contributed by atoms with Gasteiger partial charge in [0.2, 0.25) is 11.9 Å². The fourth-order valence-electron chi connectivity index (χ4n) is 3.44. The lowest BCUT2D eigenvalue weighted by molar-refractivity contribution is 0.0129. The van der Waals surface area contributed by atoms with Crippen LogP contribution in [0.25, 0.3) is 11.5 Å². The Labute approximate surface area is 189 Å². The quantitative estimate of drug-likeness (QED) is 0.516. The molecular formula is C23H22F2N8. The van der Waals surface area contributed by atoms with Crippen molar-refractivity contribution in [1.82, 2.24) is 24.9 Å². The lowest BCUT2D eigenvalue weighted by Crippen LogP contribution is -2.13. The predicted molar refractivity (Wildman–Crippen MR) is 118 cm³/mol. The Morgan fingerprint density at radius 1 is 1.12 bits per heavy atom. The molecule has 0 spiro atoms. The average molecular weight is 448 g/mol. The standard InChI is InChI=1S/C23H22F2N8/c1-22(24,25)17-4-2-3-16(30-17)19-31-20(28-12-14-5-6-14)33-21(32-19)29-15-7-10-27-18(11-15)23(13-26)8-9-23/h2-4,7,10-11,14H,5-6,8-9,12H2,1H3,(H2,27,28,29,31,32,33). The summed E-state index contributed by atoms with van der Waals surface area (Å²) in [5.41, 5.74) is 0.733. The van der Waals surface area contributed by atoms with Gasteiger partial charge >= 0.3 is 0 Å². The largest absolute Gasteiger partial charge is 0.354 e. The number of hydrogen-bond donors (Lipinski definition) is 2. The molecule has 0 amide bonds. The van der Waals surface area contributed by atoms with Crippen LogP contribution in [0.15, 0.2) is 36.5 Å². The zero-order chi connectivity index (χ0) is 23.1. The van der Waals surface area contributed by atoms with E-state index >= 15 is 0 Å². The molecule has 3 heterocycles. The Morgan fingerprint density at radius 3 is 2.61 bits per heavy atom. The van der Waals surface area contributed by atoms with E-state index < -0.39 is 11.3 Å². The Morgan fingerprint density at radius 2 is 1.91 bits per heavy atom. The minimum atomic E-state index is -3.08. The fourth-order valence-corrected chi connectivity index (χ4v) is 3.44. The first-order valence-corrected chi connectivity index (χ1v) is 10.9. The smallest absolute Gasteiger partial charge is 0.286 e. The highest BCUT2D eigenvalue weighted by atomic mass is 19.3. The first kappa shape index (κ1) is 21.1. The van der Waals surface area contributed by atoms with E-state index in [1.165, 1.54) is 12.1 Å². The summed E-state index contributed by atoms with van der Waals surface area (Å²) in [6.45, 7) is 1.53. The van der Waals surface area contributed by atoms with Crippen molar-refractivity contribution in [2.75, 3.05) is 17.2 Å². The minimum absolute atomic E-state index is 0.182. The van der Waals surface area contributed by atoms with Crippen LogP contribution in [-0.4, -0.2) is 31.5 Å². The third-order valence-electron chi connectivity index (χ3n) is 5.78. The molecule has 3 aromatic rings. The van der Waals surface area contributed by atoms with E-state index in [0.717, 1.165) is 39.2 Å². The molecule has 2 aliphatic carbocycles. The highest BCUT2D eigenvalue weighted by Gasteiger charge is 2.46. The molecule has 168 valence electrons. The molecule has 33 heavy (non-hydrogen) atoms. The van der Waals surface area contributed by atoms with Gasteiger partial charge in [-0.15, -0.1) is 0 Å². The van der Waals surface area contributed by atoms with Crippen LogP contribution < -0.4 is 10.6 Å². The van der Waals surface area contributed by atoms with Gasteiger partial charge in [-0.05, 0) is 55.9 Å². The predicted octanol–water partition coefficient (Wildman–Crippen LogP) is 4.56. The van der Waals surface area contributed by atoms with E-state index in [-0.39, 0.29) is 23.2 Å². The van der Waals surface area contributed by atoms with Crippen molar-refractivity contribution in [3.8, 4) is 17.6 Å². The molecule has 0 atom stereocenters.